The summed E-state index contributed by atoms with van der Waals surface area (Å²) in [6.07, 6.45) is 2.53. The summed E-state index contributed by atoms with van der Waals surface area (Å²) < 4.78 is 25.7. The third-order valence-corrected chi connectivity index (χ3v) is 6.05. The predicted octanol–water partition coefficient (Wildman–Crippen LogP) is 4.57. The van der Waals surface area contributed by atoms with Gasteiger partial charge in [0.1, 0.15) is 0 Å². The zero-order chi connectivity index (χ0) is 26.6. The van der Waals surface area contributed by atoms with Crippen molar-refractivity contribution < 1.29 is 18.0 Å². The fourth-order valence-corrected chi connectivity index (χ4v) is 4.18. The van der Waals surface area contributed by atoms with Gasteiger partial charge in [-0.3, -0.25) is 19.1 Å². The Balaban J connectivity index is 1.60. The number of hydrogen-bond donors (Lipinski definition) is 4. The van der Waals surface area contributed by atoms with Gasteiger partial charge in [-0.2, -0.15) is 0 Å². The number of carbonyl (C=O) groups is 2. The van der Waals surface area contributed by atoms with E-state index >= 15 is 0 Å². The first-order valence-electron chi connectivity index (χ1n) is 10.9. The van der Waals surface area contributed by atoms with Crippen LogP contribution in [0.5, 0.6) is 0 Å². The van der Waals surface area contributed by atoms with E-state index in [0.29, 0.717) is 27.4 Å². The van der Waals surface area contributed by atoms with Crippen LogP contribution in [-0.4, -0.2) is 31.5 Å². The maximum Gasteiger partial charge on any atom is 0.257 e. The van der Waals surface area contributed by atoms with Crippen LogP contribution in [0.2, 0.25) is 5.02 Å². The highest BCUT2D eigenvalue weighted by atomic mass is 35.5. The number of pyridine rings is 1. The van der Waals surface area contributed by atoms with E-state index in [9.17, 15) is 22.8 Å². The van der Waals surface area contributed by atoms with Crippen LogP contribution in [0.1, 0.15) is 20.7 Å². The van der Waals surface area contributed by atoms with Gasteiger partial charge in [0.2, 0.25) is 10.0 Å². The highest BCUT2D eigenvalue weighted by Crippen LogP contribution is 2.25. The molecular weight excluding hydrogens is 516 g/mol. The number of anilines is 3. The van der Waals surface area contributed by atoms with Crippen LogP contribution >= 0.6 is 11.6 Å². The number of hydrogen-bond acceptors (Lipinski definition) is 5. The van der Waals surface area contributed by atoms with E-state index in [-0.39, 0.29) is 22.5 Å². The van der Waals surface area contributed by atoms with Gasteiger partial charge < -0.3 is 15.6 Å². The minimum atomic E-state index is -3.59. The highest BCUT2D eigenvalue weighted by molar-refractivity contribution is 7.92. The molecule has 188 valence electrons. The summed E-state index contributed by atoms with van der Waals surface area (Å²) in [5.74, 6) is -1.05. The van der Waals surface area contributed by atoms with Crippen molar-refractivity contribution >= 4 is 50.5 Å². The Morgan fingerprint density at radius 3 is 2.16 bits per heavy atom. The minimum Gasteiger partial charge on any atom is -0.329 e. The molecule has 2 amide bonds. The molecule has 0 aliphatic carbocycles. The lowest BCUT2D eigenvalue weighted by Gasteiger charge is -2.14. The molecule has 0 bridgehead atoms. The van der Waals surface area contributed by atoms with E-state index in [2.05, 4.69) is 20.3 Å². The molecule has 4 N–H and O–H groups in total. The van der Waals surface area contributed by atoms with Gasteiger partial charge in [0, 0.05) is 28.0 Å². The normalized spacial score (nSPS) is 11.0. The number of sulfonamides is 1. The first kappa shape index (κ1) is 25.7. The smallest absolute Gasteiger partial charge is 0.257 e. The molecule has 4 aromatic rings. The number of rotatable bonds is 7. The number of halogens is 1. The molecule has 0 aliphatic heterocycles. The maximum atomic E-state index is 13.1. The van der Waals surface area contributed by atoms with Crippen molar-refractivity contribution in [2.75, 3.05) is 21.6 Å². The summed E-state index contributed by atoms with van der Waals surface area (Å²) in [7, 11) is -3.59. The first-order chi connectivity index (χ1) is 17.6. The molecule has 0 saturated carbocycles. The Morgan fingerprint density at radius 2 is 1.51 bits per heavy atom. The zero-order valence-electron chi connectivity index (χ0n) is 19.4. The molecule has 11 heteroatoms. The minimum absolute atomic E-state index is 0.0959. The summed E-state index contributed by atoms with van der Waals surface area (Å²) in [6, 6.07) is 20.4. The summed E-state index contributed by atoms with van der Waals surface area (Å²) in [4.78, 5) is 40.6. The van der Waals surface area contributed by atoms with Crippen molar-refractivity contribution in [2.24, 2.45) is 0 Å². The molecule has 0 fully saturated rings. The molecule has 9 nitrogen and oxygen atoms in total. The molecule has 4 rings (SSSR count). The predicted molar refractivity (Wildman–Crippen MR) is 145 cm³/mol. The standard InChI is InChI=1S/C26H21ClN4O5S/c1-37(35,36)31-20-12-13-22(23(15-20)30-24(32)17-4-8-18(27)9-5-17)26(34)29-19-10-6-16(7-11-19)21-3-2-14-28-25(21)33/h2-15,31H,1H3,(H,28,33)(H,29,34)(H,30,32). The average molecular weight is 537 g/mol. The molecule has 0 spiro atoms. The van der Waals surface area contributed by atoms with E-state index in [4.69, 9.17) is 11.6 Å². The van der Waals surface area contributed by atoms with Gasteiger partial charge in [-0.25, -0.2) is 8.42 Å². The quantitative estimate of drug-likeness (QED) is 0.274. The molecule has 3 aromatic carbocycles. The van der Waals surface area contributed by atoms with Gasteiger partial charge in [0.05, 0.1) is 23.2 Å². The summed E-state index contributed by atoms with van der Waals surface area (Å²) in [5.41, 5.74) is 2.04. The van der Waals surface area contributed by atoms with Crippen LogP contribution < -0.4 is 20.9 Å². The van der Waals surface area contributed by atoms with E-state index in [1.165, 1.54) is 30.3 Å². The van der Waals surface area contributed by atoms with Crippen LogP contribution in [0.4, 0.5) is 17.1 Å². The Hall–Kier alpha value is -4.41. The maximum absolute atomic E-state index is 13.1. The largest absolute Gasteiger partial charge is 0.329 e. The number of H-pyrrole nitrogens is 1. The first-order valence-corrected chi connectivity index (χ1v) is 13.1. The van der Waals surface area contributed by atoms with Gasteiger partial charge in [0.25, 0.3) is 17.4 Å². The molecule has 0 atom stereocenters. The summed E-state index contributed by atoms with van der Waals surface area (Å²) >= 11 is 5.89. The van der Waals surface area contributed by atoms with Crippen LogP contribution in [0.15, 0.2) is 89.9 Å². The average Bonchev–Trinajstić information content (AvgIpc) is 2.84. The van der Waals surface area contributed by atoms with E-state index < -0.39 is 21.8 Å². The molecular formula is C26H21ClN4O5S. The van der Waals surface area contributed by atoms with Crippen molar-refractivity contribution in [1.82, 2.24) is 4.98 Å². The second-order valence-electron chi connectivity index (χ2n) is 8.04. The second kappa shape index (κ2) is 10.7. The lowest BCUT2D eigenvalue weighted by molar-refractivity contribution is 0.102. The molecule has 1 aromatic heterocycles. The Labute approximate surface area is 217 Å². The topological polar surface area (TPSA) is 137 Å². The molecule has 0 saturated heterocycles. The van der Waals surface area contributed by atoms with Gasteiger partial charge >= 0.3 is 0 Å². The SMILES string of the molecule is CS(=O)(=O)Nc1ccc(C(=O)Nc2ccc(-c3ccc[nH]c3=O)cc2)c(NC(=O)c2ccc(Cl)cc2)c1. The van der Waals surface area contributed by atoms with Crippen LogP contribution in [0, 0.1) is 0 Å². The molecule has 0 radical (unpaired) electrons. The van der Waals surface area contributed by atoms with Crippen molar-refractivity contribution in [3.8, 4) is 11.1 Å². The lowest BCUT2D eigenvalue weighted by atomic mass is 10.1. The number of carbonyl (C=O) groups excluding carboxylic acids is 2. The number of aromatic nitrogens is 1. The molecule has 0 unspecified atom stereocenters. The van der Waals surface area contributed by atoms with Crippen LogP contribution in [-0.2, 0) is 10.0 Å². The Bertz CT molecular complexity index is 1630. The second-order valence-corrected chi connectivity index (χ2v) is 10.2. The molecule has 1 heterocycles. The Morgan fingerprint density at radius 1 is 0.838 bits per heavy atom. The number of amides is 2. The van der Waals surface area contributed by atoms with E-state index in [1.54, 1.807) is 54.7 Å². The van der Waals surface area contributed by atoms with E-state index in [0.717, 1.165) is 6.26 Å². The van der Waals surface area contributed by atoms with Crippen molar-refractivity contribution in [2.45, 2.75) is 0 Å². The van der Waals surface area contributed by atoms with Gasteiger partial charge in [0.15, 0.2) is 0 Å². The van der Waals surface area contributed by atoms with Crippen molar-refractivity contribution in [3.63, 3.8) is 0 Å². The van der Waals surface area contributed by atoms with Crippen LogP contribution in [0.3, 0.4) is 0 Å². The number of nitrogens with one attached hydrogen (secondary N) is 4. The van der Waals surface area contributed by atoms with Crippen molar-refractivity contribution in [3.05, 3.63) is 112 Å². The molecule has 37 heavy (non-hydrogen) atoms. The van der Waals surface area contributed by atoms with E-state index in [1.807, 2.05) is 0 Å². The monoisotopic (exact) mass is 536 g/mol. The highest BCUT2D eigenvalue weighted by Gasteiger charge is 2.17. The van der Waals surface area contributed by atoms with Crippen LogP contribution in [0.25, 0.3) is 11.1 Å². The number of benzene rings is 3. The van der Waals surface area contributed by atoms with Gasteiger partial charge in [-0.15, -0.1) is 0 Å². The third kappa shape index (κ3) is 6.63. The zero-order valence-corrected chi connectivity index (χ0v) is 21.0. The lowest BCUT2D eigenvalue weighted by Crippen LogP contribution is -2.19. The fourth-order valence-electron chi connectivity index (χ4n) is 3.50. The third-order valence-electron chi connectivity index (χ3n) is 5.19. The van der Waals surface area contributed by atoms with Crippen molar-refractivity contribution in [1.29, 1.82) is 0 Å². The van der Waals surface area contributed by atoms with Gasteiger partial charge in [-0.05, 0) is 72.3 Å². The molecule has 0 aliphatic rings. The Kier molecular flexibility index (Phi) is 7.42. The van der Waals surface area contributed by atoms with Gasteiger partial charge in [-0.1, -0.05) is 23.7 Å². The number of aromatic amines is 1. The summed E-state index contributed by atoms with van der Waals surface area (Å²) in [5, 5.41) is 5.87. The fraction of sp³-hybridized carbons (Fsp3) is 0.0385. The summed E-state index contributed by atoms with van der Waals surface area (Å²) in [6.45, 7) is 0.